The summed E-state index contributed by atoms with van der Waals surface area (Å²) in [6, 6.07) is -0.149. The maximum absolute atomic E-state index is 12.7. The second-order valence-electron chi connectivity index (χ2n) is 7.08. The van der Waals surface area contributed by atoms with Crippen molar-refractivity contribution in [3.8, 4) is 0 Å². The quantitative estimate of drug-likeness (QED) is 0.461. The van der Waals surface area contributed by atoms with E-state index in [-0.39, 0.29) is 48.1 Å². The number of hydrogen-bond donors (Lipinski definition) is 2. The molecule has 0 spiro atoms. The maximum Gasteiger partial charge on any atom is 0.306 e. The summed E-state index contributed by atoms with van der Waals surface area (Å²) in [6.45, 7) is 0.203. The fraction of sp³-hybridized carbons (Fsp3) is 0.812. The molecule has 1 heterocycles. The number of fused-ring (bicyclic) bond motifs is 1. The van der Waals surface area contributed by atoms with Gasteiger partial charge in [-0.3, -0.25) is 24.5 Å². The van der Waals surface area contributed by atoms with Gasteiger partial charge in [0.1, 0.15) is 0 Å². The maximum atomic E-state index is 12.7. The highest BCUT2D eigenvalue weighted by atomic mass is 17.1. The fourth-order valence-corrected chi connectivity index (χ4v) is 4.49. The minimum atomic E-state index is -0.789. The molecule has 3 fully saturated rings. The Balaban J connectivity index is 1.67. The highest BCUT2D eigenvalue weighted by molar-refractivity contribution is 6.05. The van der Waals surface area contributed by atoms with Gasteiger partial charge in [0, 0.05) is 6.04 Å². The van der Waals surface area contributed by atoms with Crippen molar-refractivity contribution in [2.24, 2.45) is 23.7 Å². The normalized spacial score (nSPS) is 37.8. The molecule has 3 rings (SSSR count). The lowest BCUT2D eigenvalue weighted by Crippen LogP contribution is -2.43. The summed E-state index contributed by atoms with van der Waals surface area (Å²) in [4.78, 5) is 42.0. The van der Waals surface area contributed by atoms with Gasteiger partial charge in [-0.15, -0.1) is 0 Å². The summed E-state index contributed by atoms with van der Waals surface area (Å²) < 4.78 is 0. The Morgan fingerprint density at radius 2 is 1.70 bits per heavy atom. The molecule has 2 amide bonds. The van der Waals surface area contributed by atoms with Crippen molar-refractivity contribution in [3.05, 3.63) is 0 Å². The van der Waals surface area contributed by atoms with Crippen molar-refractivity contribution in [1.82, 2.24) is 4.90 Å². The zero-order valence-corrected chi connectivity index (χ0v) is 13.0. The summed E-state index contributed by atoms with van der Waals surface area (Å²) in [5, 5.41) is 17.7. The van der Waals surface area contributed by atoms with E-state index >= 15 is 0 Å². The van der Waals surface area contributed by atoms with Crippen LogP contribution in [0.2, 0.25) is 0 Å². The number of nitrogens with zero attached hydrogens (tertiary/aromatic N) is 1. The topological polar surface area (TPSA) is 104 Å². The van der Waals surface area contributed by atoms with Crippen molar-refractivity contribution in [3.63, 3.8) is 0 Å². The minimum Gasteiger partial charge on any atom is -0.481 e. The molecule has 0 radical (unpaired) electrons. The van der Waals surface area contributed by atoms with Crippen LogP contribution in [0.15, 0.2) is 0 Å². The van der Waals surface area contributed by atoms with Gasteiger partial charge >= 0.3 is 5.97 Å². The van der Waals surface area contributed by atoms with Gasteiger partial charge in [-0.1, -0.05) is 0 Å². The Morgan fingerprint density at radius 3 is 2.30 bits per heavy atom. The van der Waals surface area contributed by atoms with Crippen LogP contribution in [0.1, 0.15) is 44.9 Å². The van der Waals surface area contributed by atoms with Crippen molar-refractivity contribution in [2.75, 3.05) is 6.61 Å². The number of carbonyl (C=O) groups excluding carboxylic acids is 2. The van der Waals surface area contributed by atoms with Crippen molar-refractivity contribution in [2.45, 2.75) is 51.0 Å². The van der Waals surface area contributed by atoms with Crippen LogP contribution in [0.3, 0.4) is 0 Å². The zero-order valence-electron chi connectivity index (χ0n) is 13.0. The smallest absolute Gasteiger partial charge is 0.306 e. The molecule has 1 aliphatic heterocycles. The molecule has 2 N–H and O–H groups in total. The Labute approximate surface area is 134 Å². The first-order chi connectivity index (χ1) is 11.0. The molecule has 0 bridgehead atoms. The van der Waals surface area contributed by atoms with Gasteiger partial charge < -0.3 is 5.11 Å². The number of likely N-dealkylation sites (tertiary alicyclic amines) is 1. The molecule has 7 heteroatoms. The van der Waals surface area contributed by atoms with Crippen LogP contribution in [0.4, 0.5) is 0 Å². The molecular formula is C16H23NO6. The Morgan fingerprint density at radius 1 is 1.04 bits per heavy atom. The Kier molecular flexibility index (Phi) is 4.68. The van der Waals surface area contributed by atoms with Gasteiger partial charge in [0.05, 0.1) is 24.4 Å². The zero-order chi connectivity index (χ0) is 16.6. The van der Waals surface area contributed by atoms with Gasteiger partial charge in [-0.25, -0.2) is 4.89 Å². The number of imide groups is 1. The van der Waals surface area contributed by atoms with Gasteiger partial charge in [-0.2, -0.15) is 0 Å². The Hall–Kier alpha value is -1.47. The van der Waals surface area contributed by atoms with Crippen molar-refractivity contribution in [1.29, 1.82) is 0 Å². The van der Waals surface area contributed by atoms with Crippen LogP contribution >= 0.6 is 0 Å². The number of carboxylic acid groups (broad SMARTS) is 1. The van der Waals surface area contributed by atoms with Gasteiger partial charge in [-0.05, 0) is 50.9 Å². The number of carboxylic acids is 1. The van der Waals surface area contributed by atoms with E-state index in [0.29, 0.717) is 38.5 Å². The van der Waals surface area contributed by atoms with Crippen LogP contribution in [0.25, 0.3) is 0 Å². The highest BCUT2D eigenvalue weighted by Crippen LogP contribution is 2.43. The number of aliphatic carboxylic acids is 1. The lowest BCUT2D eigenvalue weighted by atomic mass is 9.75. The SMILES string of the molecule is O=C(O)C1CCC(N2C(=O)C3CCC(COO)CC3C2=O)CC1. The first-order valence-electron chi connectivity index (χ1n) is 8.39. The molecule has 128 valence electrons. The predicted molar refractivity (Wildman–Crippen MR) is 78.1 cm³/mol. The molecule has 3 atom stereocenters. The summed E-state index contributed by atoms with van der Waals surface area (Å²) in [7, 11) is 0. The van der Waals surface area contributed by atoms with Crippen molar-refractivity contribution >= 4 is 17.8 Å². The average Bonchev–Trinajstić information content (AvgIpc) is 2.79. The van der Waals surface area contributed by atoms with Gasteiger partial charge in [0.15, 0.2) is 0 Å². The second-order valence-corrected chi connectivity index (χ2v) is 7.08. The number of amides is 2. The van der Waals surface area contributed by atoms with Crippen LogP contribution in [0.5, 0.6) is 0 Å². The monoisotopic (exact) mass is 325 g/mol. The number of rotatable bonds is 4. The lowest BCUT2D eigenvalue weighted by Gasteiger charge is -2.32. The molecular weight excluding hydrogens is 302 g/mol. The number of hydrogen-bond acceptors (Lipinski definition) is 5. The molecule has 3 aliphatic rings. The summed E-state index contributed by atoms with van der Waals surface area (Å²) in [5.41, 5.74) is 0. The van der Waals surface area contributed by atoms with E-state index in [1.807, 2.05) is 0 Å². The van der Waals surface area contributed by atoms with E-state index in [2.05, 4.69) is 4.89 Å². The first kappa shape index (κ1) is 16.4. The van der Waals surface area contributed by atoms with Crippen LogP contribution < -0.4 is 0 Å². The third kappa shape index (κ3) is 2.99. The van der Waals surface area contributed by atoms with Gasteiger partial charge in [0.2, 0.25) is 11.8 Å². The largest absolute Gasteiger partial charge is 0.481 e. The third-order valence-electron chi connectivity index (χ3n) is 5.79. The molecule has 2 saturated carbocycles. The van der Waals surface area contributed by atoms with E-state index in [1.54, 1.807) is 0 Å². The fourth-order valence-electron chi connectivity index (χ4n) is 4.49. The van der Waals surface area contributed by atoms with E-state index in [9.17, 15) is 14.4 Å². The third-order valence-corrected chi connectivity index (χ3v) is 5.79. The molecule has 0 aromatic heterocycles. The highest BCUT2D eigenvalue weighted by Gasteiger charge is 2.52. The summed E-state index contributed by atoms with van der Waals surface area (Å²) in [5.74, 6) is -1.76. The summed E-state index contributed by atoms with van der Waals surface area (Å²) >= 11 is 0. The molecule has 3 unspecified atom stereocenters. The van der Waals surface area contributed by atoms with Crippen LogP contribution in [-0.2, 0) is 19.3 Å². The van der Waals surface area contributed by atoms with Crippen LogP contribution in [0, 0.1) is 23.7 Å². The number of carbonyl (C=O) groups is 3. The van der Waals surface area contributed by atoms with E-state index in [1.165, 1.54) is 4.90 Å². The van der Waals surface area contributed by atoms with E-state index in [4.69, 9.17) is 10.4 Å². The average molecular weight is 325 g/mol. The van der Waals surface area contributed by atoms with E-state index < -0.39 is 5.97 Å². The second kappa shape index (κ2) is 6.57. The summed E-state index contributed by atoms with van der Waals surface area (Å²) in [6.07, 6.45) is 4.22. The first-order valence-corrected chi connectivity index (χ1v) is 8.39. The molecule has 1 saturated heterocycles. The molecule has 7 nitrogen and oxygen atoms in total. The van der Waals surface area contributed by atoms with Crippen molar-refractivity contribution < 1.29 is 29.6 Å². The Bertz CT molecular complexity index is 499. The predicted octanol–water partition coefficient (Wildman–Crippen LogP) is 1.52. The minimum absolute atomic E-state index is 0.0814. The van der Waals surface area contributed by atoms with E-state index in [0.717, 1.165) is 6.42 Å². The lowest BCUT2D eigenvalue weighted by molar-refractivity contribution is -0.253. The molecule has 0 aromatic rings. The van der Waals surface area contributed by atoms with Crippen LogP contribution in [-0.4, -0.2) is 45.7 Å². The standard InChI is InChI=1S/C16H23NO6/c18-14-12-6-1-9(8-23-22)7-13(12)15(19)17(14)11-4-2-10(3-5-11)16(20)21/h9-13,22H,1-8H2,(H,20,21). The van der Waals surface area contributed by atoms with Gasteiger partial charge in [0.25, 0.3) is 0 Å². The molecule has 23 heavy (non-hydrogen) atoms. The molecule has 0 aromatic carbocycles. The molecule has 2 aliphatic carbocycles.